The molecule has 1 aromatic heterocycles. The van der Waals surface area contributed by atoms with Crippen molar-refractivity contribution in [2.45, 2.75) is 19.8 Å². The molecule has 0 saturated carbocycles. The maximum atomic E-state index is 12.1. The Bertz CT molecular complexity index is 606. The number of para-hydroxylation sites is 1. The number of thiazole rings is 1. The molecule has 5 nitrogen and oxygen atoms in total. The van der Waals surface area contributed by atoms with Crippen molar-refractivity contribution in [3.05, 3.63) is 29.3 Å². The van der Waals surface area contributed by atoms with Gasteiger partial charge in [-0.1, -0.05) is 12.1 Å². The van der Waals surface area contributed by atoms with Crippen LogP contribution in [0.1, 0.15) is 18.4 Å². The van der Waals surface area contributed by atoms with Crippen LogP contribution in [0.4, 0.5) is 0 Å². The van der Waals surface area contributed by atoms with Crippen LogP contribution in [0.15, 0.2) is 24.3 Å². The van der Waals surface area contributed by atoms with Gasteiger partial charge in [0, 0.05) is 19.4 Å². The third-order valence-corrected chi connectivity index (χ3v) is 4.27. The van der Waals surface area contributed by atoms with E-state index in [1.165, 1.54) is 12.0 Å². The summed E-state index contributed by atoms with van der Waals surface area (Å²) in [4.78, 5) is 29.4. The van der Waals surface area contributed by atoms with Crippen LogP contribution in [0.2, 0.25) is 0 Å². The minimum atomic E-state index is -0.398. The van der Waals surface area contributed by atoms with E-state index in [4.69, 9.17) is 0 Å². The van der Waals surface area contributed by atoms with E-state index in [0.29, 0.717) is 19.4 Å². The van der Waals surface area contributed by atoms with E-state index in [1.54, 1.807) is 11.3 Å². The number of ether oxygens (including phenoxy) is 1. The first-order chi connectivity index (χ1) is 10.1. The molecular formula is C15H18N2O3S. The molecule has 0 spiro atoms. The number of amides is 1. The second-order valence-corrected chi connectivity index (χ2v) is 5.67. The molecule has 0 N–H and O–H groups in total. The normalized spacial score (nSPS) is 10.6. The van der Waals surface area contributed by atoms with Crippen molar-refractivity contribution >= 4 is 33.4 Å². The molecule has 0 radical (unpaired) electrons. The van der Waals surface area contributed by atoms with Crippen LogP contribution in [-0.4, -0.2) is 42.0 Å². The number of carbonyl (C=O) groups is 2. The number of nitrogens with zero attached hydrogens (tertiary/aromatic N) is 2. The molecular weight excluding hydrogens is 288 g/mol. The summed E-state index contributed by atoms with van der Waals surface area (Å²) in [5.41, 5.74) is 0.965. The molecule has 0 bridgehead atoms. The van der Waals surface area contributed by atoms with Gasteiger partial charge < -0.3 is 9.64 Å². The quantitative estimate of drug-likeness (QED) is 0.768. The summed E-state index contributed by atoms with van der Waals surface area (Å²) in [6.45, 7) is 2.35. The van der Waals surface area contributed by atoms with E-state index in [-0.39, 0.29) is 12.5 Å². The van der Waals surface area contributed by atoms with Crippen LogP contribution in [0.3, 0.4) is 0 Å². The standard InChI is InChI=1S/C15H18N2O3S/c1-3-17(10-15(19)20-2)14(18)9-8-13-16-11-6-4-5-7-12(11)21-13/h4-7H,3,8-10H2,1-2H3. The highest BCUT2D eigenvalue weighted by molar-refractivity contribution is 7.18. The van der Waals surface area contributed by atoms with Crippen LogP contribution in [-0.2, 0) is 20.7 Å². The Morgan fingerprint density at radius 1 is 1.33 bits per heavy atom. The lowest BCUT2D eigenvalue weighted by Crippen LogP contribution is -2.36. The average molecular weight is 306 g/mol. The number of esters is 1. The Morgan fingerprint density at radius 2 is 2.10 bits per heavy atom. The third kappa shape index (κ3) is 4.01. The van der Waals surface area contributed by atoms with E-state index in [2.05, 4.69) is 9.72 Å². The zero-order valence-corrected chi connectivity index (χ0v) is 13.0. The van der Waals surface area contributed by atoms with Gasteiger partial charge in [-0.05, 0) is 19.1 Å². The molecule has 0 saturated heterocycles. The van der Waals surface area contributed by atoms with E-state index in [1.807, 2.05) is 31.2 Å². The van der Waals surface area contributed by atoms with Gasteiger partial charge in [-0.3, -0.25) is 9.59 Å². The summed E-state index contributed by atoms with van der Waals surface area (Å²) in [7, 11) is 1.32. The molecule has 0 aliphatic carbocycles. The van der Waals surface area contributed by atoms with E-state index in [0.717, 1.165) is 15.2 Å². The number of methoxy groups -OCH3 is 1. The van der Waals surface area contributed by atoms with Crippen molar-refractivity contribution in [1.29, 1.82) is 0 Å². The number of rotatable bonds is 6. The summed E-state index contributed by atoms with van der Waals surface area (Å²) in [6, 6.07) is 7.91. The van der Waals surface area contributed by atoms with Crippen LogP contribution in [0.25, 0.3) is 10.2 Å². The van der Waals surface area contributed by atoms with Gasteiger partial charge in [-0.15, -0.1) is 11.3 Å². The largest absolute Gasteiger partial charge is 0.468 e. The molecule has 21 heavy (non-hydrogen) atoms. The first kappa shape index (κ1) is 15.4. The monoisotopic (exact) mass is 306 g/mol. The molecule has 1 aromatic carbocycles. The summed E-state index contributed by atoms with van der Waals surface area (Å²) < 4.78 is 5.72. The van der Waals surface area contributed by atoms with Crippen molar-refractivity contribution < 1.29 is 14.3 Å². The zero-order chi connectivity index (χ0) is 15.2. The molecule has 0 atom stereocenters. The summed E-state index contributed by atoms with van der Waals surface area (Å²) >= 11 is 1.60. The number of carbonyl (C=O) groups excluding carboxylic acids is 2. The lowest BCUT2D eigenvalue weighted by Gasteiger charge is -2.18. The molecule has 0 unspecified atom stereocenters. The molecule has 112 valence electrons. The van der Waals surface area contributed by atoms with E-state index < -0.39 is 5.97 Å². The number of aryl methyl sites for hydroxylation is 1. The number of likely N-dealkylation sites (N-methyl/N-ethyl adjacent to an activating group) is 1. The van der Waals surface area contributed by atoms with Crippen LogP contribution >= 0.6 is 11.3 Å². The van der Waals surface area contributed by atoms with Gasteiger partial charge in [-0.25, -0.2) is 4.98 Å². The summed E-state index contributed by atoms with van der Waals surface area (Å²) in [5, 5.41) is 0.943. The minimum Gasteiger partial charge on any atom is -0.468 e. The Balaban J connectivity index is 1.94. The number of hydrogen-bond donors (Lipinski definition) is 0. The second kappa shape index (κ2) is 7.17. The molecule has 1 heterocycles. The van der Waals surface area contributed by atoms with Gasteiger partial charge in [0.05, 0.1) is 22.3 Å². The summed E-state index contributed by atoms with van der Waals surface area (Å²) in [6.07, 6.45) is 0.945. The molecule has 2 aromatic rings. The van der Waals surface area contributed by atoms with Gasteiger partial charge in [0.25, 0.3) is 0 Å². The smallest absolute Gasteiger partial charge is 0.325 e. The highest BCUT2D eigenvalue weighted by Gasteiger charge is 2.16. The fourth-order valence-corrected chi connectivity index (χ4v) is 2.96. The average Bonchev–Trinajstić information content (AvgIpc) is 2.92. The topological polar surface area (TPSA) is 59.5 Å². The maximum absolute atomic E-state index is 12.1. The number of fused-ring (bicyclic) bond motifs is 1. The summed E-state index contributed by atoms with van der Waals surface area (Å²) in [5.74, 6) is -0.452. The molecule has 1 amide bonds. The highest BCUT2D eigenvalue weighted by atomic mass is 32.1. The second-order valence-electron chi connectivity index (χ2n) is 4.56. The van der Waals surface area contributed by atoms with Crippen molar-refractivity contribution in [3.63, 3.8) is 0 Å². The first-order valence-electron chi connectivity index (χ1n) is 6.83. The Labute approximate surface area is 127 Å². The predicted molar refractivity (Wildman–Crippen MR) is 82.2 cm³/mol. The number of benzene rings is 1. The van der Waals surface area contributed by atoms with Crippen molar-refractivity contribution in [2.75, 3.05) is 20.2 Å². The van der Waals surface area contributed by atoms with Crippen LogP contribution in [0.5, 0.6) is 0 Å². The highest BCUT2D eigenvalue weighted by Crippen LogP contribution is 2.22. The van der Waals surface area contributed by atoms with Crippen LogP contribution < -0.4 is 0 Å². The molecule has 0 fully saturated rings. The van der Waals surface area contributed by atoms with Gasteiger partial charge in [0.1, 0.15) is 6.54 Å². The fourth-order valence-electron chi connectivity index (χ4n) is 2.00. The Hall–Kier alpha value is -1.95. The molecule has 6 heteroatoms. The first-order valence-corrected chi connectivity index (χ1v) is 7.64. The Morgan fingerprint density at radius 3 is 2.76 bits per heavy atom. The van der Waals surface area contributed by atoms with Crippen molar-refractivity contribution in [1.82, 2.24) is 9.88 Å². The van der Waals surface area contributed by atoms with Crippen molar-refractivity contribution in [2.24, 2.45) is 0 Å². The van der Waals surface area contributed by atoms with Crippen molar-refractivity contribution in [3.8, 4) is 0 Å². The van der Waals surface area contributed by atoms with Gasteiger partial charge in [0.15, 0.2) is 0 Å². The molecule has 0 aliphatic rings. The van der Waals surface area contributed by atoms with E-state index in [9.17, 15) is 9.59 Å². The lowest BCUT2D eigenvalue weighted by atomic mass is 10.2. The van der Waals surface area contributed by atoms with E-state index >= 15 is 0 Å². The molecule has 0 aliphatic heterocycles. The minimum absolute atomic E-state index is 0.00563. The Kier molecular flexibility index (Phi) is 5.27. The third-order valence-electron chi connectivity index (χ3n) is 3.17. The van der Waals surface area contributed by atoms with Gasteiger partial charge in [0.2, 0.25) is 5.91 Å². The van der Waals surface area contributed by atoms with Gasteiger partial charge >= 0.3 is 5.97 Å². The maximum Gasteiger partial charge on any atom is 0.325 e. The predicted octanol–water partition coefficient (Wildman–Crippen LogP) is 2.25. The van der Waals surface area contributed by atoms with Gasteiger partial charge in [-0.2, -0.15) is 0 Å². The molecule has 2 rings (SSSR count). The number of aromatic nitrogens is 1. The zero-order valence-electron chi connectivity index (χ0n) is 12.2. The lowest BCUT2D eigenvalue weighted by molar-refractivity contribution is -0.146. The fraction of sp³-hybridized carbons (Fsp3) is 0.400. The SMILES string of the molecule is CCN(CC(=O)OC)C(=O)CCc1nc2ccccc2s1. The van der Waals surface area contributed by atoms with Crippen LogP contribution in [0, 0.1) is 0 Å². The number of hydrogen-bond acceptors (Lipinski definition) is 5.